The molecule has 0 radical (unpaired) electrons. The van der Waals surface area contributed by atoms with Crippen LogP contribution < -0.4 is 0 Å². The molecule has 0 unspecified atom stereocenters. The number of carbonyl (C=O) groups excluding carboxylic acids is 1. The summed E-state index contributed by atoms with van der Waals surface area (Å²) >= 11 is 3.25. The van der Waals surface area contributed by atoms with Crippen LogP contribution in [0.2, 0.25) is 0 Å². The minimum Gasteiger partial charge on any atom is -0.355 e. The smallest absolute Gasteiger partial charge is 0.276 e. The predicted octanol–water partition coefficient (Wildman–Crippen LogP) is 4.40. The summed E-state index contributed by atoms with van der Waals surface area (Å²) in [7, 11) is 1.77. The second-order valence-corrected chi connectivity index (χ2v) is 6.89. The molecule has 23 heavy (non-hydrogen) atoms. The van der Waals surface area contributed by atoms with Crippen LogP contribution in [0.3, 0.4) is 0 Å². The van der Waals surface area contributed by atoms with Gasteiger partial charge in [-0.05, 0) is 35.4 Å². The highest BCUT2D eigenvalue weighted by molar-refractivity contribution is 7.98. The van der Waals surface area contributed by atoms with E-state index in [2.05, 4.69) is 17.3 Å². The monoisotopic (exact) mass is 344 g/mol. The van der Waals surface area contributed by atoms with Gasteiger partial charge in [0.2, 0.25) is 0 Å². The Labute approximate surface area is 143 Å². The molecule has 0 atom stereocenters. The van der Waals surface area contributed by atoms with E-state index in [1.165, 1.54) is 4.90 Å². The van der Waals surface area contributed by atoms with Crippen molar-refractivity contribution in [2.45, 2.75) is 11.4 Å². The molecule has 6 heteroatoms. The molecule has 0 N–H and O–H groups in total. The Kier molecular flexibility index (Phi) is 4.83. The standard InChI is InChI=1S/C17H16N2O2S2/c1-19(11-12-5-7-13(22-2)8-6-12)17(20)14-10-15(21-18-14)16-4-3-9-23-16/h3-10H,11H2,1-2H3. The molecular weight excluding hydrogens is 328 g/mol. The molecule has 0 saturated carbocycles. The van der Waals surface area contributed by atoms with E-state index in [1.807, 2.05) is 35.9 Å². The van der Waals surface area contributed by atoms with E-state index < -0.39 is 0 Å². The van der Waals surface area contributed by atoms with Crippen LogP contribution in [-0.4, -0.2) is 29.3 Å². The topological polar surface area (TPSA) is 46.3 Å². The molecule has 0 aliphatic heterocycles. The van der Waals surface area contributed by atoms with Crippen LogP contribution in [0.4, 0.5) is 0 Å². The first-order chi connectivity index (χ1) is 11.2. The third-order valence-electron chi connectivity index (χ3n) is 3.42. The maximum absolute atomic E-state index is 12.5. The van der Waals surface area contributed by atoms with Crippen LogP contribution in [0.25, 0.3) is 10.6 Å². The van der Waals surface area contributed by atoms with Gasteiger partial charge < -0.3 is 9.42 Å². The van der Waals surface area contributed by atoms with E-state index in [9.17, 15) is 4.79 Å². The first kappa shape index (κ1) is 15.8. The Hall–Kier alpha value is -2.05. The fraction of sp³-hybridized carbons (Fsp3) is 0.176. The molecule has 3 aromatic rings. The Morgan fingerprint density at radius 1 is 1.30 bits per heavy atom. The zero-order valence-electron chi connectivity index (χ0n) is 12.9. The highest BCUT2D eigenvalue weighted by Gasteiger charge is 2.18. The number of thiophene rings is 1. The second-order valence-electron chi connectivity index (χ2n) is 5.06. The van der Waals surface area contributed by atoms with Crippen LogP contribution in [-0.2, 0) is 6.54 Å². The number of hydrogen-bond acceptors (Lipinski definition) is 5. The van der Waals surface area contributed by atoms with Crippen LogP contribution in [0.15, 0.2) is 57.3 Å². The van der Waals surface area contributed by atoms with Gasteiger partial charge in [0, 0.05) is 24.6 Å². The van der Waals surface area contributed by atoms with E-state index in [1.54, 1.807) is 41.1 Å². The van der Waals surface area contributed by atoms with Crippen molar-refractivity contribution >= 4 is 29.0 Å². The predicted molar refractivity (Wildman–Crippen MR) is 93.8 cm³/mol. The molecule has 4 nitrogen and oxygen atoms in total. The van der Waals surface area contributed by atoms with Crippen molar-refractivity contribution in [3.63, 3.8) is 0 Å². The molecule has 1 amide bonds. The van der Waals surface area contributed by atoms with Gasteiger partial charge in [-0.1, -0.05) is 23.4 Å². The molecule has 2 aromatic heterocycles. The molecule has 2 heterocycles. The SMILES string of the molecule is CSc1ccc(CN(C)C(=O)c2cc(-c3cccs3)on2)cc1. The lowest BCUT2D eigenvalue weighted by molar-refractivity contribution is 0.0775. The molecule has 0 aliphatic rings. The maximum atomic E-state index is 12.5. The molecule has 1 aromatic carbocycles. The first-order valence-corrected chi connectivity index (χ1v) is 9.17. The number of nitrogens with zero attached hydrogens (tertiary/aromatic N) is 2. The van der Waals surface area contributed by atoms with Gasteiger partial charge in [0.05, 0.1) is 4.88 Å². The van der Waals surface area contributed by atoms with Crippen molar-refractivity contribution in [3.05, 3.63) is 59.1 Å². The van der Waals surface area contributed by atoms with Gasteiger partial charge in [0.15, 0.2) is 11.5 Å². The summed E-state index contributed by atoms with van der Waals surface area (Å²) in [6.07, 6.45) is 2.04. The van der Waals surface area contributed by atoms with E-state index >= 15 is 0 Å². The second kappa shape index (κ2) is 7.02. The molecule has 0 aliphatic carbocycles. The van der Waals surface area contributed by atoms with Crippen molar-refractivity contribution in [2.75, 3.05) is 13.3 Å². The number of carbonyl (C=O) groups is 1. The van der Waals surface area contributed by atoms with Crippen LogP contribution in [0.5, 0.6) is 0 Å². The van der Waals surface area contributed by atoms with Crippen molar-refractivity contribution in [3.8, 4) is 10.6 Å². The Morgan fingerprint density at radius 2 is 2.09 bits per heavy atom. The average Bonchev–Trinajstić information content (AvgIpc) is 3.26. The van der Waals surface area contributed by atoms with Gasteiger partial charge >= 0.3 is 0 Å². The number of benzene rings is 1. The molecule has 0 bridgehead atoms. The maximum Gasteiger partial charge on any atom is 0.276 e. The molecule has 0 saturated heterocycles. The van der Waals surface area contributed by atoms with Crippen LogP contribution >= 0.6 is 23.1 Å². The lowest BCUT2D eigenvalue weighted by Crippen LogP contribution is -2.26. The third kappa shape index (κ3) is 3.65. The molecule has 0 fully saturated rings. The lowest BCUT2D eigenvalue weighted by atomic mass is 10.2. The number of rotatable bonds is 5. The summed E-state index contributed by atoms with van der Waals surface area (Å²) in [6, 6.07) is 13.8. The number of thioether (sulfide) groups is 1. The molecular formula is C17H16N2O2S2. The fourth-order valence-corrected chi connectivity index (χ4v) is 3.26. The zero-order chi connectivity index (χ0) is 16.2. The Balaban J connectivity index is 1.69. The van der Waals surface area contributed by atoms with Crippen LogP contribution in [0, 0.1) is 0 Å². The number of hydrogen-bond donors (Lipinski definition) is 0. The zero-order valence-corrected chi connectivity index (χ0v) is 14.5. The molecule has 0 spiro atoms. The van der Waals surface area contributed by atoms with E-state index in [0.29, 0.717) is 18.0 Å². The fourth-order valence-electron chi connectivity index (χ4n) is 2.18. The molecule has 3 rings (SSSR count). The Bertz CT molecular complexity index is 779. The summed E-state index contributed by atoms with van der Waals surface area (Å²) in [5.74, 6) is 0.478. The van der Waals surface area contributed by atoms with Crippen molar-refractivity contribution in [2.24, 2.45) is 0 Å². The summed E-state index contributed by atoms with van der Waals surface area (Å²) in [6.45, 7) is 0.536. The highest BCUT2D eigenvalue weighted by Crippen LogP contribution is 2.25. The molecule has 118 valence electrons. The summed E-state index contributed by atoms with van der Waals surface area (Å²) in [4.78, 5) is 16.3. The van der Waals surface area contributed by atoms with Crippen molar-refractivity contribution in [1.82, 2.24) is 10.1 Å². The number of amides is 1. The minimum absolute atomic E-state index is 0.148. The summed E-state index contributed by atoms with van der Waals surface area (Å²) in [5, 5.41) is 5.86. The van der Waals surface area contributed by atoms with E-state index in [4.69, 9.17) is 4.52 Å². The van der Waals surface area contributed by atoms with Crippen molar-refractivity contribution in [1.29, 1.82) is 0 Å². The van der Waals surface area contributed by atoms with Crippen molar-refractivity contribution < 1.29 is 9.32 Å². The summed E-state index contributed by atoms with van der Waals surface area (Å²) in [5.41, 5.74) is 1.41. The number of aromatic nitrogens is 1. The third-order valence-corrected chi connectivity index (χ3v) is 5.05. The van der Waals surface area contributed by atoms with Crippen LogP contribution in [0.1, 0.15) is 16.1 Å². The van der Waals surface area contributed by atoms with Gasteiger partial charge in [-0.2, -0.15) is 0 Å². The first-order valence-electron chi connectivity index (χ1n) is 7.06. The van der Waals surface area contributed by atoms with Gasteiger partial charge in [-0.3, -0.25) is 4.79 Å². The van der Waals surface area contributed by atoms with E-state index in [0.717, 1.165) is 10.4 Å². The van der Waals surface area contributed by atoms with Gasteiger partial charge in [0.1, 0.15) is 0 Å². The normalized spacial score (nSPS) is 10.7. The quantitative estimate of drug-likeness (QED) is 0.644. The van der Waals surface area contributed by atoms with Gasteiger partial charge in [0.25, 0.3) is 5.91 Å². The van der Waals surface area contributed by atoms with Gasteiger partial charge in [-0.25, -0.2) is 0 Å². The lowest BCUT2D eigenvalue weighted by Gasteiger charge is -2.15. The minimum atomic E-state index is -0.148. The highest BCUT2D eigenvalue weighted by atomic mass is 32.2. The Morgan fingerprint density at radius 3 is 2.74 bits per heavy atom. The van der Waals surface area contributed by atoms with E-state index in [-0.39, 0.29) is 5.91 Å². The van der Waals surface area contributed by atoms with Gasteiger partial charge in [-0.15, -0.1) is 23.1 Å². The summed E-state index contributed by atoms with van der Waals surface area (Å²) < 4.78 is 5.27. The average molecular weight is 344 g/mol. The largest absolute Gasteiger partial charge is 0.355 e.